The lowest BCUT2D eigenvalue weighted by Gasteiger charge is -2.27. The molecule has 12 heteroatoms. The molecule has 0 atom stereocenters. The number of anilines is 1. The van der Waals surface area contributed by atoms with Crippen LogP contribution in [0.1, 0.15) is 49.2 Å². The number of sulfonamides is 1. The minimum atomic E-state index is -3.68. The fraction of sp³-hybridized carbons (Fsp3) is 0.303. The second-order valence-corrected chi connectivity index (χ2v) is 13.5. The lowest BCUT2D eigenvalue weighted by molar-refractivity contribution is 0.0304. The first-order chi connectivity index (χ1) is 21.2. The highest BCUT2D eigenvalue weighted by Crippen LogP contribution is 2.32. The average molecular weight is 634 g/mol. The summed E-state index contributed by atoms with van der Waals surface area (Å²) in [7, 11) is -2.13. The van der Waals surface area contributed by atoms with Gasteiger partial charge >= 0.3 is 6.09 Å². The van der Waals surface area contributed by atoms with Crippen molar-refractivity contribution in [1.82, 2.24) is 15.2 Å². The van der Waals surface area contributed by atoms with Crippen molar-refractivity contribution in [3.05, 3.63) is 89.5 Å². The number of hydrogen-bond donors (Lipinski definition) is 3. The number of likely N-dealkylation sites (N-methyl/N-ethyl adjacent to an activating group) is 1. The van der Waals surface area contributed by atoms with Crippen LogP contribution in [0.4, 0.5) is 16.2 Å². The van der Waals surface area contributed by atoms with Gasteiger partial charge in [-0.3, -0.25) is 9.10 Å². The van der Waals surface area contributed by atoms with Gasteiger partial charge in [0.15, 0.2) is 5.88 Å². The van der Waals surface area contributed by atoms with E-state index in [-0.39, 0.29) is 24.9 Å². The maximum atomic E-state index is 12.7. The molecule has 3 aromatic carbocycles. The number of nitrogens with zero attached hydrogens (tertiary/aromatic N) is 3. The van der Waals surface area contributed by atoms with Crippen molar-refractivity contribution in [2.75, 3.05) is 37.2 Å². The van der Waals surface area contributed by atoms with Crippen LogP contribution in [-0.4, -0.2) is 79.7 Å². The van der Waals surface area contributed by atoms with E-state index in [2.05, 4.69) is 10.3 Å². The Balaban J connectivity index is 1.68. The molecule has 0 unspecified atom stereocenters. The topological polar surface area (TPSA) is 144 Å². The molecular formula is C33H39N5O6S. The van der Waals surface area contributed by atoms with Crippen molar-refractivity contribution in [2.45, 2.75) is 33.3 Å². The Bertz CT molecular complexity index is 1810. The zero-order chi connectivity index (χ0) is 32.9. The summed E-state index contributed by atoms with van der Waals surface area (Å²) in [6.07, 6.45) is 0.562. The van der Waals surface area contributed by atoms with Gasteiger partial charge in [-0.05, 0) is 64.1 Å². The molecule has 0 aliphatic carbocycles. The molecule has 238 valence electrons. The van der Waals surface area contributed by atoms with Gasteiger partial charge in [0, 0.05) is 42.2 Å². The minimum Gasteiger partial charge on any atom is -0.494 e. The fourth-order valence-corrected chi connectivity index (χ4v) is 5.59. The second kappa shape index (κ2) is 13.4. The Kier molecular flexibility index (Phi) is 9.87. The van der Waals surface area contributed by atoms with Gasteiger partial charge < -0.3 is 25.0 Å². The minimum absolute atomic E-state index is 0.0218. The number of nitrogens with one attached hydrogen (secondary N) is 2. The summed E-state index contributed by atoms with van der Waals surface area (Å²) in [5, 5.41) is 14.5. The van der Waals surface area contributed by atoms with Gasteiger partial charge in [-0.15, -0.1) is 0 Å². The fourth-order valence-electron chi connectivity index (χ4n) is 4.67. The van der Waals surface area contributed by atoms with Crippen molar-refractivity contribution >= 4 is 50.0 Å². The van der Waals surface area contributed by atoms with E-state index < -0.39 is 21.7 Å². The Hall–Kier alpha value is -4.84. The zero-order valence-corrected chi connectivity index (χ0v) is 27.1. The molecule has 0 saturated carbocycles. The highest BCUT2D eigenvalue weighted by molar-refractivity contribution is 7.92. The van der Waals surface area contributed by atoms with Crippen LogP contribution in [0.25, 0.3) is 10.9 Å². The molecule has 11 nitrogen and oxygen atoms in total. The Morgan fingerprint density at radius 1 is 0.978 bits per heavy atom. The van der Waals surface area contributed by atoms with Crippen LogP contribution >= 0.6 is 0 Å². The molecule has 0 aliphatic heterocycles. The number of carbonyl (C=O) groups is 2. The standard InChI is InChI=1S/C33H39N5O6S/c1-7-34-30(39)23-13-18-26-27(21-23)36-31(40)28(26)29(22-11-9-8-10-12-22)35-24-14-16-25(17-15-24)38(45(6,42)43)20-19-37(5)32(41)44-33(2,3)4/h8-18,21,36,40H,7,19-20H2,1-6H3,(H,34,39). The van der Waals surface area contributed by atoms with E-state index in [0.717, 1.165) is 11.8 Å². The van der Waals surface area contributed by atoms with Crippen LogP contribution in [0.5, 0.6) is 5.88 Å². The Labute approximate surface area is 263 Å². The molecule has 45 heavy (non-hydrogen) atoms. The lowest BCUT2D eigenvalue weighted by Crippen LogP contribution is -2.41. The third-order valence-corrected chi connectivity index (χ3v) is 7.98. The second-order valence-electron chi connectivity index (χ2n) is 11.5. The molecule has 4 aromatic rings. The van der Waals surface area contributed by atoms with Crippen LogP contribution in [0.3, 0.4) is 0 Å². The SMILES string of the molecule is CCNC(=O)c1ccc2c(C(=Nc3ccc(N(CCN(C)C(=O)OC(C)(C)C)S(C)(=O)=O)cc3)c3ccccc3)c(O)[nH]c2c1. The van der Waals surface area contributed by atoms with E-state index in [1.54, 1.807) is 70.3 Å². The Morgan fingerprint density at radius 2 is 1.64 bits per heavy atom. The zero-order valence-electron chi connectivity index (χ0n) is 26.3. The van der Waals surface area contributed by atoms with Crippen LogP contribution < -0.4 is 9.62 Å². The molecule has 3 N–H and O–H groups in total. The maximum Gasteiger partial charge on any atom is 0.410 e. The first kappa shape index (κ1) is 33.1. The van der Waals surface area contributed by atoms with Crippen LogP contribution in [0.15, 0.2) is 77.8 Å². The monoisotopic (exact) mass is 633 g/mol. The first-order valence-electron chi connectivity index (χ1n) is 14.5. The molecule has 1 heterocycles. The van der Waals surface area contributed by atoms with E-state index in [1.807, 2.05) is 37.3 Å². The number of aliphatic imine (C=N–C) groups is 1. The molecular weight excluding hydrogens is 594 g/mol. The van der Waals surface area contributed by atoms with Crippen LogP contribution in [0, 0.1) is 0 Å². The number of aromatic amines is 1. The van der Waals surface area contributed by atoms with Crippen LogP contribution in [-0.2, 0) is 14.8 Å². The number of aromatic hydroxyl groups is 1. The number of benzene rings is 3. The summed E-state index contributed by atoms with van der Waals surface area (Å²) < 4.78 is 32.0. The summed E-state index contributed by atoms with van der Waals surface area (Å²) in [5.41, 5.74) is 2.97. The van der Waals surface area contributed by atoms with E-state index in [9.17, 15) is 23.1 Å². The van der Waals surface area contributed by atoms with Crippen molar-refractivity contribution in [3.63, 3.8) is 0 Å². The van der Waals surface area contributed by atoms with Gasteiger partial charge in [0.05, 0.1) is 35.5 Å². The van der Waals surface area contributed by atoms with Crippen LogP contribution in [0.2, 0.25) is 0 Å². The summed E-state index contributed by atoms with van der Waals surface area (Å²) in [4.78, 5) is 34.0. The molecule has 4 rings (SSSR count). The summed E-state index contributed by atoms with van der Waals surface area (Å²) in [5.74, 6) is -0.318. The van der Waals surface area contributed by atoms with Crippen molar-refractivity contribution in [3.8, 4) is 5.88 Å². The van der Waals surface area contributed by atoms with E-state index in [4.69, 9.17) is 9.73 Å². The quantitative estimate of drug-likeness (QED) is 0.199. The number of ether oxygens (including phenoxy) is 1. The average Bonchev–Trinajstić information content (AvgIpc) is 3.30. The number of amides is 2. The first-order valence-corrected chi connectivity index (χ1v) is 16.3. The van der Waals surface area contributed by atoms with E-state index in [0.29, 0.717) is 45.7 Å². The molecule has 0 radical (unpaired) electrons. The number of hydrogen-bond acceptors (Lipinski definition) is 7. The molecule has 1 aromatic heterocycles. The third-order valence-electron chi connectivity index (χ3n) is 6.78. The molecule has 0 aliphatic rings. The maximum absolute atomic E-state index is 12.7. The normalized spacial score (nSPS) is 12.2. The number of carbonyl (C=O) groups excluding carboxylic acids is 2. The number of fused-ring (bicyclic) bond motifs is 1. The van der Waals surface area contributed by atoms with E-state index in [1.165, 1.54) is 9.21 Å². The highest BCUT2D eigenvalue weighted by Gasteiger charge is 2.23. The molecule has 0 fully saturated rings. The Morgan fingerprint density at radius 3 is 2.24 bits per heavy atom. The van der Waals surface area contributed by atoms with Crippen molar-refractivity contribution < 1.29 is 27.9 Å². The number of rotatable bonds is 10. The van der Waals surface area contributed by atoms with Gasteiger partial charge in [0.2, 0.25) is 10.0 Å². The highest BCUT2D eigenvalue weighted by atomic mass is 32.2. The van der Waals surface area contributed by atoms with Crippen molar-refractivity contribution in [1.29, 1.82) is 0 Å². The smallest absolute Gasteiger partial charge is 0.410 e. The molecule has 0 spiro atoms. The summed E-state index contributed by atoms with van der Waals surface area (Å²) in [6, 6.07) is 21.2. The predicted molar refractivity (Wildman–Crippen MR) is 177 cm³/mol. The van der Waals surface area contributed by atoms with Gasteiger partial charge in [-0.2, -0.15) is 0 Å². The molecule has 0 saturated heterocycles. The number of aromatic nitrogens is 1. The predicted octanol–water partition coefficient (Wildman–Crippen LogP) is 5.43. The number of H-pyrrole nitrogens is 1. The molecule has 2 amide bonds. The van der Waals surface area contributed by atoms with Gasteiger partial charge in [0.25, 0.3) is 5.91 Å². The van der Waals surface area contributed by atoms with Crippen molar-refractivity contribution in [2.24, 2.45) is 4.99 Å². The van der Waals surface area contributed by atoms with E-state index >= 15 is 0 Å². The molecule has 0 bridgehead atoms. The van der Waals surface area contributed by atoms with Gasteiger partial charge in [-0.1, -0.05) is 36.4 Å². The lowest BCUT2D eigenvalue weighted by atomic mass is 10.00. The summed E-state index contributed by atoms with van der Waals surface area (Å²) >= 11 is 0. The van der Waals surface area contributed by atoms with Gasteiger partial charge in [-0.25, -0.2) is 18.2 Å². The largest absolute Gasteiger partial charge is 0.494 e. The third kappa shape index (κ3) is 8.21. The van der Waals surface area contributed by atoms with Gasteiger partial charge in [0.1, 0.15) is 5.60 Å². The summed E-state index contributed by atoms with van der Waals surface area (Å²) in [6.45, 7) is 7.76.